The molecule has 0 aromatic heterocycles. The molecule has 0 bridgehead atoms. The van der Waals surface area contributed by atoms with Gasteiger partial charge in [-0.05, 0) is 38.5 Å². The number of hydrogen-bond donors (Lipinski definition) is 1. The Bertz CT molecular complexity index is 230. The van der Waals surface area contributed by atoms with E-state index >= 15 is 0 Å². The standard InChI is InChI=1S/C15H31N3/c1-13(4-3-5-14(2)16)12-17-8-10-18(11-9-17)15-6-7-15/h13-15H,3-12,16H2,1-2H3. The van der Waals surface area contributed by atoms with Crippen LogP contribution in [0.25, 0.3) is 0 Å². The van der Waals surface area contributed by atoms with Crippen LogP contribution in [0.3, 0.4) is 0 Å². The minimum absolute atomic E-state index is 0.374. The Kier molecular flexibility index (Phi) is 5.46. The summed E-state index contributed by atoms with van der Waals surface area (Å²) < 4.78 is 0. The molecule has 3 heteroatoms. The Morgan fingerprint density at radius 2 is 1.72 bits per heavy atom. The molecule has 2 rings (SSSR count). The van der Waals surface area contributed by atoms with E-state index in [1.165, 1.54) is 64.8 Å². The molecular formula is C15H31N3. The van der Waals surface area contributed by atoms with E-state index in [0.717, 1.165) is 12.0 Å². The molecule has 1 aliphatic heterocycles. The van der Waals surface area contributed by atoms with Crippen LogP contribution in [0.1, 0.15) is 46.0 Å². The van der Waals surface area contributed by atoms with Crippen molar-refractivity contribution < 1.29 is 0 Å². The van der Waals surface area contributed by atoms with Gasteiger partial charge in [0.15, 0.2) is 0 Å². The molecule has 1 saturated carbocycles. The molecule has 0 radical (unpaired) electrons. The average Bonchev–Trinajstić information content (AvgIpc) is 3.13. The summed E-state index contributed by atoms with van der Waals surface area (Å²) in [6.07, 6.45) is 6.71. The molecule has 0 aromatic carbocycles. The molecule has 2 aliphatic rings. The van der Waals surface area contributed by atoms with Gasteiger partial charge < -0.3 is 10.6 Å². The molecule has 0 aromatic rings. The van der Waals surface area contributed by atoms with Crippen LogP contribution in [-0.2, 0) is 0 Å². The van der Waals surface area contributed by atoms with Crippen LogP contribution >= 0.6 is 0 Å². The summed E-state index contributed by atoms with van der Waals surface area (Å²) in [4.78, 5) is 5.35. The molecule has 1 saturated heterocycles. The maximum absolute atomic E-state index is 5.80. The minimum atomic E-state index is 0.374. The molecule has 3 nitrogen and oxygen atoms in total. The van der Waals surface area contributed by atoms with E-state index in [1.54, 1.807) is 0 Å². The summed E-state index contributed by atoms with van der Waals surface area (Å²) in [5, 5.41) is 0. The fourth-order valence-corrected chi connectivity index (χ4v) is 3.07. The van der Waals surface area contributed by atoms with Gasteiger partial charge in [-0.25, -0.2) is 0 Å². The topological polar surface area (TPSA) is 32.5 Å². The zero-order chi connectivity index (χ0) is 13.0. The van der Waals surface area contributed by atoms with Gasteiger partial charge in [0.2, 0.25) is 0 Å². The summed E-state index contributed by atoms with van der Waals surface area (Å²) >= 11 is 0. The third-order valence-electron chi connectivity index (χ3n) is 4.40. The van der Waals surface area contributed by atoms with E-state index in [1.807, 2.05) is 0 Å². The second kappa shape index (κ2) is 6.88. The summed E-state index contributed by atoms with van der Waals surface area (Å²) in [6.45, 7) is 11.0. The first-order chi connectivity index (χ1) is 8.65. The highest BCUT2D eigenvalue weighted by atomic mass is 15.3. The normalized spacial score (nSPS) is 26.2. The first-order valence-corrected chi connectivity index (χ1v) is 7.87. The van der Waals surface area contributed by atoms with E-state index in [4.69, 9.17) is 5.73 Å². The van der Waals surface area contributed by atoms with E-state index in [2.05, 4.69) is 23.6 Å². The van der Waals surface area contributed by atoms with E-state index in [9.17, 15) is 0 Å². The molecular weight excluding hydrogens is 222 g/mol. The quantitative estimate of drug-likeness (QED) is 0.752. The number of piperazine rings is 1. The van der Waals surface area contributed by atoms with Gasteiger partial charge in [-0.3, -0.25) is 4.90 Å². The summed E-state index contributed by atoms with van der Waals surface area (Å²) in [5.74, 6) is 0.830. The predicted molar refractivity (Wildman–Crippen MR) is 77.7 cm³/mol. The Morgan fingerprint density at radius 1 is 1.06 bits per heavy atom. The van der Waals surface area contributed by atoms with Crippen molar-refractivity contribution >= 4 is 0 Å². The van der Waals surface area contributed by atoms with Crippen molar-refractivity contribution in [1.82, 2.24) is 9.80 Å². The Hall–Kier alpha value is -0.120. The molecule has 18 heavy (non-hydrogen) atoms. The molecule has 106 valence electrons. The van der Waals surface area contributed by atoms with Gasteiger partial charge in [0.1, 0.15) is 0 Å². The van der Waals surface area contributed by atoms with Gasteiger partial charge >= 0.3 is 0 Å². The zero-order valence-electron chi connectivity index (χ0n) is 12.3. The van der Waals surface area contributed by atoms with Crippen LogP contribution in [0.2, 0.25) is 0 Å². The van der Waals surface area contributed by atoms with Crippen LogP contribution in [0.5, 0.6) is 0 Å². The van der Waals surface area contributed by atoms with Crippen molar-refractivity contribution in [3.05, 3.63) is 0 Å². The summed E-state index contributed by atoms with van der Waals surface area (Å²) in [6, 6.07) is 1.33. The maximum atomic E-state index is 5.80. The molecule has 2 unspecified atom stereocenters. The summed E-state index contributed by atoms with van der Waals surface area (Å²) in [7, 11) is 0. The van der Waals surface area contributed by atoms with Crippen molar-refractivity contribution in [3.8, 4) is 0 Å². The molecule has 0 spiro atoms. The Balaban J connectivity index is 1.55. The second-order valence-corrected chi connectivity index (χ2v) is 6.58. The van der Waals surface area contributed by atoms with Gasteiger partial charge in [0, 0.05) is 44.8 Å². The van der Waals surface area contributed by atoms with E-state index in [0.29, 0.717) is 6.04 Å². The third kappa shape index (κ3) is 4.87. The van der Waals surface area contributed by atoms with Crippen molar-refractivity contribution in [3.63, 3.8) is 0 Å². The molecule has 2 fully saturated rings. The lowest BCUT2D eigenvalue weighted by Crippen LogP contribution is -2.48. The van der Waals surface area contributed by atoms with Crippen molar-refractivity contribution in [2.75, 3.05) is 32.7 Å². The van der Waals surface area contributed by atoms with Crippen molar-refractivity contribution in [2.24, 2.45) is 11.7 Å². The predicted octanol–water partition coefficient (Wildman–Crippen LogP) is 1.92. The zero-order valence-corrected chi connectivity index (χ0v) is 12.3. The van der Waals surface area contributed by atoms with Gasteiger partial charge in [-0.15, -0.1) is 0 Å². The Labute approximate surface area is 113 Å². The van der Waals surface area contributed by atoms with Gasteiger partial charge in [0.25, 0.3) is 0 Å². The molecule has 1 aliphatic carbocycles. The highest BCUT2D eigenvalue weighted by Gasteiger charge is 2.31. The SMILES string of the molecule is CC(N)CCCC(C)CN1CCN(C2CC2)CC1. The summed E-state index contributed by atoms with van der Waals surface area (Å²) in [5.41, 5.74) is 5.80. The first kappa shape index (κ1) is 14.3. The largest absolute Gasteiger partial charge is 0.328 e. The minimum Gasteiger partial charge on any atom is -0.328 e. The third-order valence-corrected chi connectivity index (χ3v) is 4.40. The van der Waals surface area contributed by atoms with E-state index in [-0.39, 0.29) is 0 Å². The van der Waals surface area contributed by atoms with Crippen LogP contribution in [0.4, 0.5) is 0 Å². The average molecular weight is 253 g/mol. The molecule has 2 atom stereocenters. The Morgan fingerprint density at radius 3 is 2.28 bits per heavy atom. The lowest BCUT2D eigenvalue weighted by Gasteiger charge is -2.36. The smallest absolute Gasteiger partial charge is 0.0113 e. The maximum Gasteiger partial charge on any atom is 0.0113 e. The number of hydrogen-bond acceptors (Lipinski definition) is 3. The second-order valence-electron chi connectivity index (χ2n) is 6.58. The number of nitrogens with zero attached hydrogens (tertiary/aromatic N) is 2. The van der Waals surface area contributed by atoms with Crippen LogP contribution < -0.4 is 5.73 Å². The molecule has 0 amide bonds. The highest BCUT2D eigenvalue weighted by Crippen LogP contribution is 2.27. The van der Waals surface area contributed by atoms with Crippen molar-refractivity contribution in [2.45, 2.75) is 58.0 Å². The van der Waals surface area contributed by atoms with Crippen molar-refractivity contribution in [1.29, 1.82) is 0 Å². The van der Waals surface area contributed by atoms with Gasteiger partial charge in [0.05, 0.1) is 0 Å². The lowest BCUT2D eigenvalue weighted by atomic mass is 10.0. The molecule has 2 N–H and O–H groups in total. The number of nitrogens with two attached hydrogens (primary N) is 1. The fourth-order valence-electron chi connectivity index (χ4n) is 3.07. The van der Waals surface area contributed by atoms with Gasteiger partial charge in [-0.1, -0.05) is 13.3 Å². The van der Waals surface area contributed by atoms with Crippen LogP contribution in [0, 0.1) is 5.92 Å². The monoisotopic (exact) mass is 253 g/mol. The fraction of sp³-hybridized carbons (Fsp3) is 1.00. The van der Waals surface area contributed by atoms with Gasteiger partial charge in [-0.2, -0.15) is 0 Å². The highest BCUT2D eigenvalue weighted by molar-refractivity contribution is 4.87. The van der Waals surface area contributed by atoms with Crippen LogP contribution in [-0.4, -0.2) is 54.6 Å². The lowest BCUT2D eigenvalue weighted by molar-refractivity contribution is 0.113. The number of rotatable bonds is 7. The van der Waals surface area contributed by atoms with Crippen LogP contribution in [0.15, 0.2) is 0 Å². The van der Waals surface area contributed by atoms with E-state index < -0.39 is 0 Å². The first-order valence-electron chi connectivity index (χ1n) is 7.87. The molecule has 1 heterocycles.